The fourth-order valence-corrected chi connectivity index (χ4v) is 3.83. The summed E-state index contributed by atoms with van der Waals surface area (Å²) < 4.78 is 12.2. The van der Waals surface area contributed by atoms with Crippen molar-refractivity contribution in [1.82, 2.24) is 0 Å². The van der Waals surface area contributed by atoms with Crippen LogP contribution in [0.2, 0.25) is 0 Å². The summed E-state index contributed by atoms with van der Waals surface area (Å²) in [7, 11) is 0. The Morgan fingerprint density at radius 3 is 1.45 bits per heavy atom. The van der Waals surface area contributed by atoms with E-state index in [4.69, 9.17) is 19.5 Å². The van der Waals surface area contributed by atoms with Crippen LogP contribution in [-0.4, -0.2) is 25.0 Å². The van der Waals surface area contributed by atoms with Crippen molar-refractivity contribution in [1.29, 1.82) is 0 Å². The fraction of sp³-hybridized carbons (Fsp3) is 0.200. The van der Waals surface area contributed by atoms with Gasteiger partial charge in [0.25, 0.3) is 0 Å². The molecule has 0 saturated carbocycles. The van der Waals surface area contributed by atoms with Gasteiger partial charge in [-0.15, -0.1) is 0 Å². The van der Waals surface area contributed by atoms with Crippen LogP contribution in [0.5, 0.6) is 0 Å². The lowest BCUT2D eigenvalue weighted by atomic mass is 9.98. The maximum atomic E-state index is 6.08. The van der Waals surface area contributed by atoms with E-state index in [9.17, 15) is 0 Å². The van der Waals surface area contributed by atoms with E-state index >= 15 is 0 Å². The molecule has 0 saturated heterocycles. The van der Waals surface area contributed by atoms with E-state index in [1.807, 2.05) is 54.6 Å². The molecule has 0 unspecified atom stereocenters. The van der Waals surface area contributed by atoms with Crippen LogP contribution >= 0.6 is 0 Å². The Morgan fingerprint density at radius 2 is 1.00 bits per heavy atom. The molecular weight excluding hydrogens is 360 g/mol. The fourth-order valence-electron chi connectivity index (χ4n) is 3.83. The summed E-state index contributed by atoms with van der Waals surface area (Å²) in [6.45, 7) is 1.08. The highest BCUT2D eigenvalue weighted by molar-refractivity contribution is 6.06. The van der Waals surface area contributed by atoms with Crippen LogP contribution < -0.4 is 0 Å². The highest BCUT2D eigenvalue weighted by atomic mass is 16.5. The van der Waals surface area contributed by atoms with E-state index in [2.05, 4.69) is 36.4 Å². The van der Waals surface area contributed by atoms with E-state index in [0.29, 0.717) is 25.0 Å². The third-order valence-electron chi connectivity index (χ3n) is 5.34. The Morgan fingerprint density at radius 1 is 0.586 bits per heavy atom. The molecule has 0 radical (unpaired) electrons. The van der Waals surface area contributed by atoms with Crippen molar-refractivity contribution in [3.05, 3.63) is 108 Å². The van der Waals surface area contributed by atoms with Gasteiger partial charge in [-0.1, -0.05) is 91.0 Å². The largest absolute Gasteiger partial charge is 0.478 e. The number of hydrogen-bond acceptors (Lipinski definition) is 4. The molecule has 4 nitrogen and oxygen atoms in total. The zero-order chi connectivity index (χ0) is 19.5. The lowest BCUT2D eigenvalue weighted by Crippen LogP contribution is -2.22. The second kappa shape index (κ2) is 7.92. The van der Waals surface area contributed by atoms with E-state index in [0.717, 1.165) is 16.7 Å². The Kier molecular flexibility index (Phi) is 4.83. The summed E-state index contributed by atoms with van der Waals surface area (Å²) in [5.41, 5.74) is 3.39. The molecular formula is C25H22N2O2. The van der Waals surface area contributed by atoms with Crippen LogP contribution in [0, 0.1) is 0 Å². The lowest BCUT2D eigenvalue weighted by molar-refractivity contribution is 0.294. The molecule has 0 aliphatic carbocycles. The normalized spacial score (nSPS) is 20.7. The number of ether oxygens (including phenoxy) is 2. The molecule has 0 N–H and O–H groups in total. The minimum atomic E-state index is -0.223. The molecule has 2 aliphatic heterocycles. The molecule has 3 aromatic carbocycles. The van der Waals surface area contributed by atoms with Gasteiger partial charge in [0.1, 0.15) is 31.2 Å². The topological polar surface area (TPSA) is 43.2 Å². The van der Waals surface area contributed by atoms with Gasteiger partial charge >= 0.3 is 0 Å². The van der Waals surface area contributed by atoms with Crippen LogP contribution in [0.4, 0.5) is 0 Å². The number of nitrogens with zero attached hydrogens (tertiary/aromatic N) is 2. The smallest absolute Gasteiger partial charge is 0.201 e. The Labute approximate surface area is 170 Å². The zero-order valence-electron chi connectivity index (χ0n) is 16.0. The van der Waals surface area contributed by atoms with Gasteiger partial charge in [-0.25, -0.2) is 9.98 Å². The highest BCUT2D eigenvalue weighted by Crippen LogP contribution is 2.34. The maximum Gasteiger partial charge on any atom is 0.201 e. The average Bonchev–Trinajstić information content (AvgIpc) is 3.47. The quantitative estimate of drug-likeness (QED) is 0.615. The summed E-state index contributed by atoms with van der Waals surface area (Å²) in [6.07, 6.45) is 0. The molecule has 144 valence electrons. The molecule has 0 aromatic heterocycles. The summed E-state index contributed by atoms with van der Waals surface area (Å²) >= 11 is 0. The van der Waals surface area contributed by atoms with Crippen LogP contribution in [-0.2, 0) is 9.47 Å². The Bertz CT molecular complexity index is 951. The minimum Gasteiger partial charge on any atom is -0.478 e. The predicted octanol–water partition coefficient (Wildman–Crippen LogP) is 5.11. The van der Waals surface area contributed by atoms with Crippen LogP contribution in [0.15, 0.2) is 101 Å². The number of rotatable bonds is 5. The summed E-state index contributed by atoms with van der Waals surface area (Å²) in [4.78, 5) is 9.82. The monoisotopic (exact) mass is 382 g/mol. The molecule has 4 heteroatoms. The highest BCUT2D eigenvalue weighted by Gasteiger charge is 2.36. The summed E-state index contributed by atoms with van der Waals surface area (Å²) in [5.74, 6) is 1.13. The third kappa shape index (κ3) is 3.66. The van der Waals surface area contributed by atoms with Crippen molar-refractivity contribution in [3.63, 3.8) is 0 Å². The third-order valence-corrected chi connectivity index (χ3v) is 5.34. The van der Waals surface area contributed by atoms with Gasteiger partial charge in [0.05, 0.1) is 0 Å². The van der Waals surface area contributed by atoms with Crippen molar-refractivity contribution in [2.45, 2.75) is 18.0 Å². The first kappa shape index (κ1) is 17.7. The molecule has 29 heavy (non-hydrogen) atoms. The first-order chi connectivity index (χ1) is 14.4. The van der Waals surface area contributed by atoms with E-state index in [1.54, 1.807) is 0 Å². The first-order valence-electron chi connectivity index (χ1n) is 9.94. The molecule has 0 amide bonds. The number of hydrogen-bond donors (Lipinski definition) is 0. The van der Waals surface area contributed by atoms with E-state index in [-0.39, 0.29) is 18.0 Å². The van der Waals surface area contributed by atoms with Crippen molar-refractivity contribution in [2.75, 3.05) is 13.2 Å². The van der Waals surface area contributed by atoms with Gasteiger partial charge in [0.2, 0.25) is 11.8 Å². The summed E-state index contributed by atoms with van der Waals surface area (Å²) in [5, 5.41) is 0. The molecule has 5 rings (SSSR count). The molecule has 2 aliphatic rings. The SMILES string of the molecule is c1ccc(C(C2=N[C@@H](c3ccccc3)CO2)C2=N[C@@H](c3ccccc3)CO2)cc1. The second-order valence-electron chi connectivity index (χ2n) is 7.25. The van der Waals surface area contributed by atoms with E-state index in [1.165, 1.54) is 0 Å². The van der Waals surface area contributed by atoms with Crippen molar-refractivity contribution in [3.8, 4) is 0 Å². The number of benzene rings is 3. The average molecular weight is 382 g/mol. The number of aliphatic imine (C=N–C) groups is 2. The van der Waals surface area contributed by atoms with Crippen molar-refractivity contribution in [2.24, 2.45) is 9.98 Å². The Balaban J connectivity index is 1.49. The lowest BCUT2D eigenvalue weighted by Gasteiger charge is -2.16. The molecule has 2 heterocycles. The Hall–Kier alpha value is -3.40. The van der Waals surface area contributed by atoms with E-state index < -0.39 is 0 Å². The van der Waals surface area contributed by atoms with Gasteiger partial charge in [-0.2, -0.15) is 0 Å². The zero-order valence-corrected chi connectivity index (χ0v) is 16.0. The van der Waals surface area contributed by atoms with Gasteiger partial charge in [0, 0.05) is 0 Å². The van der Waals surface area contributed by atoms with Gasteiger partial charge < -0.3 is 9.47 Å². The maximum absolute atomic E-state index is 6.08. The summed E-state index contributed by atoms with van der Waals surface area (Å²) in [6, 6.07) is 30.7. The van der Waals surface area contributed by atoms with Crippen LogP contribution in [0.3, 0.4) is 0 Å². The second-order valence-corrected chi connectivity index (χ2v) is 7.25. The van der Waals surface area contributed by atoms with Crippen LogP contribution in [0.1, 0.15) is 34.7 Å². The van der Waals surface area contributed by atoms with Gasteiger partial charge in [-0.3, -0.25) is 0 Å². The van der Waals surface area contributed by atoms with Crippen molar-refractivity contribution < 1.29 is 9.47 Å². The molecule has 0 spiro atoms. The molecule has 3 aromatic rings. The molecule has 2 atom stereocenters. The van der Waals surface area contributed by atoms with Crippen molar-refractivity contribution >= 4 is 11.8 Å². The van der Waals surface area contributed by atoms with Gasteiger partial charge in [-0.05, 0) is 16.7 Å². The van der Waals surface area contributed by atoms with Crippen LogP contribution in [0.25, 0.3) is 0 Å². The minimum absolute atomic E-state index is 0.00401. The molecule has 0 fully saturated rings. The predicted molar refractivity (Wildman–Crippen MR) is 114 cm³/mol. The standard InChI is InChI=1S/C25H22N2O2/c1-4-10-18(11-5-1)21-16-28-24(26-21)23(20-14-8-3-9-15-20)25-27-22(17-29-25)19-12-6-2-7-13-19/h1-15,21-23H,16-17H2/t21-,22-/m1/s1. The van der Waals surface area contributed by atoms with Gasteiger partial charge in [0.15, 0.2) is 0 Å². The molecule has 0 bridgehead atoms. The first-order valence-corrected chi connectivity index (χ1v) is 9.94.